The van der Waals surface area contributed by atoms with Crippen molar-refractivity contribution in [3.8, 4) is 17.4 Å². The fourth-order valence-electron chi connectivity index (χ4n) is 3.17. The average Bonchev–Trinajstić information content (AvgIpc) is 2.85. The molecule has 0 radical (unpaired) electrons. The molecule has 0 spiro atoms. The third-order valence-electron chi connectivity index (χ3n) is 4.96. The van der Waals surface area contributed by atoms with Crippen LogP contribution >= 0.6 is 11.6 Å². The normalized spacial score (nSPS) is 11.9. The van der Waals surface area contributed by atoms with Gasteiger partial charge in [0, 0.05) is 31.1 Å². The Morgan fingerprint density at radius 2 is 1.85 bits per heavy atom. The zero-order valence-corrected chi connectivity index (χ0v) is 22.4. The minimum absolute atomic E-state index is 0.119. The van der Waals surface area contributed by atoms with Crippen LogP contribution in [-0.2, 0) is 25.7 Å². The number of alkyl halides is 3. The Kier molecular flexibility index (Phi) is 9.43. The number of nitrogens with one attached hydrogen (secondary N) is 2. The molecule has 3 rings (SSSR count). The Bertz CT molecular complexity index is 1500. The van der Waals surface area contributed by atoms with E-state index < -0.39 is 37.6 Å². The third-order valence-corrected chi connectivity index (χ3v) is 6.65. The number of carbonyl (C=O) groups excluding carboxylic acids is 1. The number of carbonyl (C=O) groups is 1. The molecule has 0 saturated carbocycles. The van der Waals surface area contributed by atoms with Crippen LogP contribution in [0, 0.1) is 6.92 Å². The van der Waals surface area contributed by atoms with Gasteiger partial charge in [-0.15, -0.1) is 0 Å². The quantitative estimate of drug-likeness (QED) is 0.289. The highest BCUT2D eigenvalue weighted by atomic mass is 35.5. The zero-order valence-electron chi connectivity index (χ0n) is 20.8. The second-order valence-electron chi connectivity index (χ2n) is 7.92. The first-order valence-electron chi connectivity index (χ1n) is 11.0. The predicted octanol–water partition coefficient (Wildman–Crippen LogP) is 5.81. The minimum Gasteiger partial charge on any atom is -0.493 e. The Hall–Kier alpha value is -3.81. The summed E-state index contributed by atoms with van der Waals surface area (Å²) in [5, 5.41) is 2.00. The van der Waals surface area contributed by atoms with Crippen molar-refractivity contribution in [1.82, 2.24) is 4.98 Å². The number of hydrogen-bond donors (Lipinski definition) is 2. The summed E-state index contributed by atoms with van der Waals surface area (Å²) < 4.78 is 84.0. The van der Waals surface area contributed by atoms with E-state index in [4.69, 9.17) is 25.8 Å². The second kappa shape index (κ2) is 12.4. The van der Waals surface area contributed by atoms with Crippen LogP contribution in [0.5, 0.6) is 17.4 Å². The summed E-state index contributed by atoms with van der Waals surface area (Å²) in [5.74, 6) is -0.312. The maximum atomic E-state index is 13.3. The number of ether oxygens (including phenoxy) is 3. The monoisotopic (exact) mass is 585 g/mol. The standard InChI is InChI=1S/C25H23ClF3N3O6S/c1-15-11-20(32-39(34,35)17-7-8-19(26)18(13-17)25(27,28)29)24(30-14-15)38-21-9-6-16(12-22(21)37-3)31-23(33)5-4-10-36-2/h4-9,11-14,32H,10H2,1-3H3,(H,31,33)/b5-4+. The van der Waals surface area contributed by atoms with Crippen molar-refractivity contribution in [3.63, 3.8) is 0 Å². The highest BCUT2D eigenvalue weighted by molar-refractivity contribution is 7.92. The van der Waals surface area contributed by atoms with Gasteiger partial charge in [0.2, 0.25) is 11.8 Å². The van der Waals surface area contributed by atoms with Crippen LogP contribution < -0.4 is 19.5 Å². The van der Waals surface area contributed by atoms with Gasteiger partial charge in [0.15, 0.2) is 11.5 Å². The van der Waals surface area contributed by atoms with Crippen LogP contribution in [-0.4, -0.2) is 40.1 Å². The van der Waals surface area contributed by atoms with Crippen molar-refractivity contribution in [3.05, 3.63) is 77.0 Å². The smallest absolute Gasteiger partial charge is 0.417 e. The van der Waals surface area contributed by atoms with Crippen molar-refractivity contribution >= 4 is 38.9 Å². The number of halogens is 4. The Balaban J connectivity index is 1.90. The van der Waals surface area contributed by atoms with Gasteiger partial charge in [0.25, 0.3) is 10.0 Å². The second-order valence-corrected chi connectivity index (χ2v) is 10.0. The van der Waals surface area contributed by atoms with Gasteiger partial charge in [-0.05, 0) is 48.9 Å². The van der Waals surface area contributed by atoms with E-state index >= 15 is 0 Å². The van der Waals surface area contributed by atoms with Gasteiger partial charge in [0.05, 0.1) is 29.2 Å². The summed E-state index contributed by atoms with van der Waals surface area (Å²) in [5.41, 5.74) is -0.510. The molecule has 0 aliphatic carbocycles. The van der Waals surface area contributed by atoms with Crippen molar-refractivity contribution in [1.29, 1.82) is 0 Å². The van der Waals surface area contributed by atoms with Crippen LogP contribution in [0.2, 0.25) is 5.02 Å². The zero-order chi connectivity index (χ0) is 28.8. The van der Waals surface area contributed by atoms with E-state index in [0.29, 0.717) is 17.3 Å². The Labute approximate surface area is 227 Å². The van der Waals surface area contributed by atoms with Gasteiger partial charge >= 0.3 is 6.18 Å². The number of nitrogens with zero attached hydrogens (tertiary/aromatic N) is 1. The third kappa shape index (κ3) is 7.85. The predicted molar refractivity (Wildman–Crippen MR) is 139 cm³/mol. The van der Waals surface area contributed by atoms with Crippen molar-refractivity contribution in [2.75, 3.05) is 30.9 Å². The number of aryl methyl sites for hydroxylation is 1. The summed E-state index contributed by atoms with van der Waals surface area (Å²) in [6, 6.07) is 8.09. The van der Waals surface area contributed by atoms with E-state index in [1.54, 1.807) is 6.92 Å². The summed E-state index contributed by atoms with van der Waals surface area (Å²) in [6.45, 7) is 1.90. The molecule has 14 heteroatoms. The fourth-order valence-corrected chi connectivity index (χ4v) is 4.47. The molecule has 1 heterocycles. The number of sulfonamides is 1. The molecule has 0 saturated heterocycles. The van der Waals surface area contributed by atoms with Gasteiger partial charge in [-0.25, -0.2) is 13.4 Å². The molecule has 1 aromatic heterocycles. The molecule has 2 N–H and O–H groups in total. The lowest BCUT2D eigenvalue weighted by Gasteiger charge is -2.16. The lowest BCUT2D eigenvalue weighted by atomic mass is 10.2. The molecule has 0 unspecified atom stereocenters. The minimum atomic E-state index is -4.86. The van der Waals surface area contributed by atoms with Gasteiger partial charge < -0.3 is 19.5 Å². The summed E-state index contributed by atoms with van der Waals surface area (Å²) in [6.07, 6.45) is -0.619. The molecule has 0 aliphatic heterocycles. The van der Waals surface area contributed by atoms with Crippen LogP contribution in [0.15, 0.2) is 65.7 Å². The number of anilines is 2. The first-order valence-corrected chi connectivity index (χ1v) is 12.9. The van der Waals surface area contributed by atoms with Crippen LogP contribution in [0.3, 0.4) is 0 Å². The Morgan fingerprint density at radius 1 is 1.10 bits per heavy atom. The number of pyridine rings is 1. The maximum absolute atomic E-state index is 13.3. The van der Waals surface area contributed by atoms with Gasteiger partial charge in [-0.1, -0.05) is 17.7 Å². The first kappa shape index (κ1) is 29.7. The molecule has 0 aliphatic rings. The number of amides is 1. The molecule has 208 valence electrons. The van der Waals surface area contributed by atoms with Gasteiger partial charge in [-0.2, -0.15) is 13.2 Å². The lowest BCUT2D eigenvalue weighted by Crippen LogP contribution is -2.16. The molecule has 0 fully saturated rings. The van der Waals surface area contributed by atoms with Crippen molar-refractivity contribution < 1.29 is 40.6 Å². The number of aromatic nitrogens is 1. The average molecular weight is 586 g/mol. The summed E-state index contributed by atoms with van der Waals surface area (Å²) in [4.78, 5) is 15.5. The van der Waals surface area contributed by atoms with Crippen molar-refractivity contribution in [2.45, 2.75) is 18.0 Å². The molecule has 9 nitrogen and oxygen atoms in total. The maximum Gasteiger partial charge on any atom is 0.417 e. The van der Waals surface area contributed by atoms with E-state index in [0.717, 1.165) is 12.1 Å². The highest BCUT2D eigenvalue weighted by Crippen LogP contribution is 2.38. The van der Waals surface area contributed by atoms with E-state index in [9.17, 15) is 26.4 Å². The van der Waals surface area contributed by atoms with E-state index in [2.05, 4.69) is 15.0 Å². The van der Waals surface area contributed by atoms with Crippen LogP contribution in [0.1, 0.15) is 11.1 Å². The van der Waals surface area contributed by atoms with Gasteiger partial charge in [-0.3, -0.25) is 9.52 Å². The Morgan fingerprint density at radius 3 is 2.51 bits per heavy atom. The summed E-state index contributed by atoms with van der Waals surface area (Å²) in [7, 11) is -1.66. The molecule has 0 atom stereocenters. The van der Waals surface area contributed by atoms with E-state index in [-0.39, 0.29) is 29.7 Å². The fraction of sp³-hybridized carbons (Fsp3) is 0.200. The summed E-state index contributed by atoms with van der Waals surface area (Å²) >= 11 is 5.61. The van der Waals surface area contributed by atoms with Crippen LogP contribution in [0.25, 0.3) is 0 Å². The van der Waals surface area contributed by atoms with E-state index in [1.807, 2.05) is 0 Å². The molecule has 1 amide bonds. The van der Waals surface area contributed by atoms with E-state index in [1.165, 1.54) is 56.8 Å². The first-order chi connectivity index (χ1) is 18.3. The van der Waals surface area contributed by atoms with Crippen LogP contribution in [0.4, 0.5) is 24.5 Å². The largest absolute Gasteiger partial charge is 0.493 e. The number of methoxy groups -OCH3 is 2. The topological polar surface area (TPSA) is 116 Å². The number of benzene rings is 2. The molecule has 39 heavy (non-hydrogen) atoms. The highest BCUT2D eigenvalue weighted by Gasteiger charge is 2.34. The lowest BCUT2D eigenvalue weighted by molar-refractivity contribution is -0.137. The SMILES string of the molecule is COC/C=C/C(=O)Nc1ccc(Oc2ncc(C)cc2NS(=O)(=O)c2ccc(Cl)c(C(F)(F)F)c2)c(OC)c1. The molecule has 2 aromatic carbocycles. The van der Waals surface area contributed by atoms with Gasteiger partial charge in [0.1, 0.15) is 5.69 Å². The molecule has 3 aromatic rings. The molecule has 0 bridgehead atoms. The molecular weight excluding hydrogens is 563 g/mol. The van der Waals surface area contributed by atoms with Crippen molar-refractivity contribution in [2.24, 2.45) is 0 Å². The molecular formula is C25H23ClF3N3O6S. The number of rotatable bonds is 10. The number of hydrogen-bond acceptors (Lipinski definition) is 7.